The predicted octanol–water partition coefficient (Wildman–Crippen LogP) is 9.19. The van der Waals surface area contributed by atoms with Crippen molar-refractivity contribution >= 4 is 11.9 Å². The topological polar surface area (TPSA) is 52.6 Å². The van der Waals surface area contributed by atoms with Crippen molar-refractivity contribution in [2.24, 2.45) is 17.3 Å². The average molecular weight is 495 g/mol. The van der Waals surface area contributed by atoms with Crippen LogP contribution in [-0.2, 0) is 19.1 Å². The summed E-state index contributed by atoms with van der Waals surface area (Å²) in [4.78, 5) is 24.9. The summed E-state index contributed by atoms with van der Waals surface area (Å²) < 4.78 is 10.9. The van der Waals surface area contributed by atoms with Gasteiger partial charge in [-0.2, -0.15) is 0 Å². The van der Waals surface area contributed by atoms with Gasteiger partial charge in [0.05, 0.1) is 13.2 Å². The molecule has 1 fully saturated rings. The van der Waals surface area contributed by atoms with Crippen molar-refractivity contribution in [1.29, 1.82) is 0 Å². The van der Waals surface area contributed by atoms with E-state index in [1.54, 1.807) is 0 Å². The van der Waals surface area contributed by atoms with Crippen LogP contribution >= 0.6 is 0 Å². The monoisotopic (exact) mass is 494 g/mol. The van der Waals surface area contributed by atoms with Crippen molar-refractivity contribution in [3.63, 3.8) is 0 Å². The smallest absolute Gasteiger partial charge is 0.323 e. The maximum atomic E-state index is 12.4. The lowest BCUT2D eigenvalue weighted by molar-refractivity contribution is -0.164. The molecule has 0 saturated heterocycles. The number of hydrogen-bond donors (Lipinski definition) is 0. The number of esters is 2. The fraction of sp³-hybridized carbons (Fsp3) is 0.935. The van der Waals surface area contributed by atoms with E-state index in [1.165, 1.54) is 89.9 Å². The molecule has 4 nitrogen and oxygen atoms in total. The third-order valence-corrected chi connectivity index (χ3v) is 7.35. The van der Waals surface area contributed by atoms with Gasteiger partial charge >= 0.3 is 11.9 Å². The Kier molecular flexibility index (Phi) is 18.3. The van der Waals surface area contributed by atoms with E-state index in [9.17, 15) is 9.59 Å². The van der Waals surface area contributed by atoms with Crippen LogP contribution in [0.25, 0.3) is 0 Å². The second-order valence-corrected chi connectivity index (χ2v) is 11.9. The van der Waals surface area contributed by atoms with E-state index in [4.69, 9.17) is 9.47 Å². The predicted molar refractivity (Wildman–Crippen MR) is 146 cm³/mol. The summed E-state index contributed by atoms with van der Waals surface area (Å²) in [6, 6.07) is 0. The van der Waals surface area contributed by atoms with E-state index >= 15 is 0 Å². The van der Waals surface area contributed by atoms with Gasteiger partial charge in [0.25, 0.3) is 0 Å². The first kappa shape index (κ1) is 32.0. The fourth-order valence-electron chi connectivity index (χ4n) is 4.65. The first-order valence-electron chi connectivity index (χ1n) is 15.2. The van der Waals surface area contributed by atoms with Gasteiger partial charge in [-0.15, -0.1) is 0 Å². The molecule has 1 saturated carbocycles. The Hall–Kier alpha value is -1.06. The van der Waals surface area contributed by atoms with Gasteiger partial charge in [-0.1, -0.05) is 130 Å². The molecule has 0 amide bonds. The van der Waals surface area contributed by atoms with Crippen LogP contribution in [0.1, 0.15) is 156 Å². The van der Waals surface area contributed by atoms with Gasteiger partial charge in [-0.3, -0.25) is 9.59 Å². The third-order valence-electron chi connectivity index (χ3n) is 7.35. The zero-order chi connectivity index (χ0) is 25.8. The molecule has 35 heavy (non-hydrogen) atoms. The molecule has 0 radical (unpaired) electrons. The highest BCUT2D eigenvalue weighted by Crippen LogP contribution is 2.48. The molecule has 206 valence electrons. The summed E-state index contributed by atoms with van der Waals surface area (Å²) in [5.74, 6) is 0.932. The summed E-state index contributed by atoms with van der Waals surface area (Å²) in [5, 5.41) is 0. The lowest BCUT2D eigenvalue weighted by atomic mass is 10.0. The van der Waals surface area contributed by atoms with Crippen molar-refractivity contribution in [2.75, 3.05) is 13.2 Å². The highest BCUT2D eigenvalue weighted by molar-refractivity contribution is 6.03. The van der Waals surface area contributed by atoms with Gasteiger partial charge in [0.2, 0.25) is 0 Å². The quantitative estimate of drug-likeness (QED) is 0.0762. The van der Waals surface area contributed by atoms with Gasteiger partial charge < -0.3 is 9.47 Å². The first-order chi connectivity index (χ1) is 16.9. The number of ether oxygens (including phenoxy) is 2. The number of hydrogen-bond acceptors (Lipinski definition) is 4. The second kappa shape index (κ2) is 20.0. The standard InChI is InChI=1S/C31H58O4/c1-27(2)21-17-13-9-5-7-11-15-19-25-34-29(32)31(23-24-31)30(33)35-26-20-16-12-8-6-10-14-18-22-28(3)4/h27-28H,5-26H2,1-4H3. The fourth-order valence-corrected chi connectivity index (χ4v) is 4.65. The molecule has 0 aromatic carbocycles. The van der Waals surface area contributed by atoms with Gasteiger partial charge in [0.15, 0.2) is 5.41 Å². The zero-order valence-corrected chi connectivity index (χ0v) is 23.8. The van der Waals surface area contributed by atoms with Crippen LogP contribution in [0.2, 0.25) is 0 Å². The summed E-state index contributed by atoms with van der Waals surface area (Å²) in [6.45, 7) is 10.0. The van der Waals surface area contributed by atoms with Crippen LogP contribution < -0.4 is 0 Å². The Morgan fingerprint density at radius 2 is 0.800 bits per heavy atom. The van der Waals surface area contributed by atoms with Crippen LogP contribution in [-0.4, -0.2) is 25.2 Å². The number of unbranched alkanes of at least 4 members (excludes halogenated alkanes) is 14. The van der Waals surface area contributed by atoms with Crippen molar-refractivity contribution in [1.82, 2.24) is 0 Å². The van der Waals surface area contributed by atoms with Crippen LogP contribution in [0, 0.1) is 17.3 Å². The summed E-state index contributed by atoms with van der Waals surface area (Å²) >= 11 is 0. The maximum Gasteiger partial charge on any atom is 0.323 e. The molecular weight excluding hydrogens is 436 g/mol. The molecule has 0 aromatic rings. The molecule has 1 aliphatic carbocycles. The minimum Gasteiger partial charge on any atom is -0.465 e. The molecule has 0 aliphatic heterocycles. The molecule has 0 bridgehead atoms. The molecule has 0 spiro atoms. The minimum atomic E-state index is -0.980. The molecule has 1 aliphatic rings. The highest BCUT2D eigenvalue weighted by atomic mass is 16.6. The van der Waals surface area contributed by atoms with Gasteiger partial charge in [0.1, 0.15) is 0 Å². The Bertz CT molecular complexity index is 492. The highest BCUT2D eigenvalue weighted by Gasteiger charge is 2.59. The Labute approximate surface area is 217 Å². The van der Waals surface area contributed by atoms with Crippen LogP contribution in [0.3, 0.4) is 0 Å². The third kappa shape index (κ3) is 16.3. The number of carbonyl (C=O) groups excluding carboxylic acids is 2. The Morgan fingerprint density at radius 3 is 1.09 bits per heavy atom. The van der Waals surface area contributed by atoms with Crippen LogP contribution in [0.5, 0.6) is 0 Å². The van der Waals surface area contributed by atoms with Crippen molar-refractivity contribution in [3.05, 3.63) is 0 Å². The minimum absolute atomic E-state index is 0.356. The van der Waals surface area contributed by atoms with Crippen LogP contribution in [0.4, 0.5) is 0 Å². The zero-order valence-electron chi connectivity index (χ0n) is 23.8. The molecule has 0 heterocycles. The van der Waals surface area contributed by atoms with Gasteiger partial charge in [-0.25, -0.2) is 0 Å². The lowest BCUT2D eigenvalue weighted by Crippen LogP contribution is -2.30. The SMILES string of the molecule is CC(C)CCCCCCCCCCOC(=O)C1(C(=O)OCCCCCCCCCCC(C)C)CC1. The molecule has 1 rings (SSSR count). The Balaban J connectivity index is 1.94. The van der Waals surface area contributed by atoms with Crippen LogP contribution in [0.15, 0.2) is 0 Å². The van der Waals surface area contributed by atoms with Gasteiger partial charge in [0, 0.05) is 0 Å². The molecule has 4 heteroatoms. The van der Waals surface area contributed by atoms with E-state index in [0.29, 0.717) is 26.1 Å². The largest absolute Gasteiger partial charge is 0.465 e. The number of carbonyl (C=O) groups is 2. The van der Waals surface area contributed by atoms with E-state index in [-0.39, 0.29) is 11.9 Å². The summed E-state index contributed by atoms with van der Waals surface area (Å²) in [7, 11) is 0. The molecule has 0 aromatic heterocycles. The van der Waals surface area contributed by atoms with E-state index in [0.717, 1.165) is 37.5 Å². The van der Waals surface area contributed by atoms with Gasteiger partial charge in [-0.05, 0) is 37.5 Å². The number of rotatable bonds is 24. The van der Waals surface area contributed by atoms with E-state index < -0.39 is 5.41 Å². The normalized spacial score (nSPS) is 14.5. The molecule has 0 unspecified atom stereocenters. The maximum absolute atomic E-state index is 12.4. The van der Waals surface area contributed by atoms with Crippen molar-refractivity contribution in [3.8, 4) is 0 Å². The molecule has 0 atom stereocenters. The van der Waals surface area contributed by atoms with Crippen molar-refractivity contribution in [2.45, 2.75) is 156 Å². The average Bonchev–Trinajstić information content (AvgIpc) is 3.62. The summed E-state index contributed by atoms with van der Waals surface area (Å²) in [6.07, 6.45) is 23.5. The molecular formula is C31H58O4. The summed E-state index contributed by atoms with van der Waals surface area (Å²) in [5.41, 5.74) is -0.980. The second-order valence-electron chi connectivity index (χ2n) is 11.9. The Morgan fingerprint density at radius 1 is 0.514 bits per heavy atom. The first-order valence-corrected chi connectivity index (χ1v) is 15.2. The molecule has 0 N–H and O–H groups in total. The van der Waals surface area contributed by atoms with E-state index in [1.807, 2.05) is 0 Å². The van der Waals surface area contributed by atoms with Crippen molar-refractivity contribution < 1.29 is 19.1 Å². The van der Waals surface area contributed by atoms with E-state index in [2.05, 4.69) is 27.7 Å². The lowest BCUT2D eigenvalue weighted by Gasteiger charge is -2.14.